The molecule has 0 atom stereocenters. The lowest BCUT2D eigenvalue weighted by molar-refractivity contribution is 0.0921. The summed E-state index contributed by atoms with van der Waals surface area (Å²) in [6.07, 6.45) is 0. The van der Waals surface area contributed by atoms with E-state index in [0.29, 0.717) is 23.6 Å². The number of aromatic nitrogens is 1. The van der Waals surface area contributed by atoms with Crippen LogP contribution in [0.15, 0.2) is 109 Å². The van der Waals surface area contributed by atoms with Crippen molar-refractivity contribution in [2.24, 2.45) is 4.99 Å². The molecule has 0 radical (unpaired) electrons. The van der Waals surface area contributed by atoms with Gasteiger partial charge in [-0.3, -0.25) is 4.79 Å². The fourth-order valence-corrected chi connectivity index (χ4v) is 5.23. The third kappa shape index (κ3) is 6.35. The molecule has 0 N–H and O–H groups in total. The van der Waals surface area contributed by atoms with E-state index in [1.54, 1.807) is 37.3 Å². The van der Waals surface area contributed by atoms with Gasteiger partial charge in [0.25, 0.3) is 0 Å². The third-order valence-corrected chi connectivity index (χ3v) is 7.45. The number of nitrogens with zero attached hydrogens (tertiary/aromatic N) is 2. The first-order chi connectivity index (χ1) is 18.9. The van der Waals surface area contributed by atoms with E-state index >= 15 is 0 Å². The molecule has 2 aromatic heterocycles. The van der Waals surface area contributed by atoms with Gasteiger partial charge in [0.2, 0.25) is 0 Å². The number of hydrogen-bond donors (Lipinski definition) is 0. The number of halogens is 1. The molecule has 0 aliphatic heterocycles. The largest absolute Gasteiger partial charge is 0.484 e. The van der Waals surface area contributed by atoms with Crippen molar-refractivity contribution in [2.75, 3.05) is 6.61 Å². The van der Waals surface area contributed by atoms with Crippen LogP contribution in [0, 0.1) is 13.8 Å². The zero-order valence-electron chi connectivity index (χ0n) is 21.4. The first-order valence-corrected chi connectivity index (χ1v) is 13.9. The highest BCUT2D eigenvalue weighted by molar-refractivity contribution is 9.10. The molecule has 5 rings (SSSR count). The maximum atomic E-state index is 13.2. The Hall–Kier alpha value is -4.01. The predicted octanol–water partition coefficient (Wildman–Crippen LogP) is 7.09. The molecular weight excluding hydrogens is 576 g/mol. The van der Waals surface area contributed by atoms with Gasteiger partial charge in [0.05, 0.1) is 17.9 Å². The predicted molar refractivity (Wildman–Crippen MR) is 157 cm³/mol. The minimum absolute atomic E-state index is 0.197. The second-order valence-corrected chi connectivity index (χ2v) is 10.8. The van der Waals surface area contributed by atoms with Crippen molar-refractivity contribution in [1.29, 1.82) is 0 Å². The minimum Gasteiger partial charge on any atom is -0.484 e. The van der Waals surface area contributed by atoms with E-state index in [1.165, 1.54) is 11.3 Å². The number of thiazole rings is 1. The number of carbonyl (C=O) groups is 1. The van der Waals surface area contributed by atoms with Gasteiger partial charge in [-0.2, -0.15) is 0 Å². The van der Waals surface area contributed by atoms with Gasteiger partial charge in [-0.05, 0) is 43.7 Å². The summed E-state index contributed by atoms with van der Waals surface area (Å²) >= 11 is 4.80. The Morgan fingerprint density at radius 1 is 1.00 bits per heavy atom. The zero-order chi connectivity index (χ0) is 27.4. The van der Waals surface area contributed by atoms with Gasteiger partial charge >= 0.3 is 5.63 Å². The second-order valence-electron chi connectivity index (χ2n) is 9.03. The SMILES string of the molecule is Cc1ccc(N=c2scc(-c3c(OCC(=O)c4ccc(Br)cc4)cc(C)oc3=O)n2Cc2ccccc2)cc1. The topological polar surface area (TPSA) is 73.8 Å². The van der Waals surface area contributed by atoms with Crippen LogP contribution in [0.4, 0.5) is 5.69 Å². The Balaban J connectivity index is 1.58. The monoisotopic (exact) mass is 600 g/mol. The molecule has 196 valence electrons. The molecule has 8 heteroatoms. The van der Waals surface area contributed by atoms with Crippen molar-refractivity contribution in [2.45, 2.75) is 20.4 Å². The lowest BCUT2D eigenvalue weighted by Crippen LogP contribution is -2.20. The van der Waals surface area contributed by atoms with Crippen molar-refractivity contribution < 1.29 is 13.9 Å². The van der Waals surface area contributed by atoms with Crippen LogP contribution in [0.1, 0.15) is 27.2 Å². The van der Waals surface area contributed by atoms with Crippen molar-refractivity contribution in [1.82, 2.24) is 4.57 Å². The molecule has 3 aromatic carbocycles. The van der Waals surface area contributed by atoms with Gasteiger partial charge in [0, 0.05) is 21.5 Å². The summed E-state index contributed by atoms with van der Waals surface area (Å²) in [4.78, 5) is 31.7. The molecule has 6 nitrogen and oxygen atoms in total. The van der Waals surface area contributed by atoms with E-state index in [-0.39, 0.29) is 23.7 Å². The second kappa shape index (κ2) is 11.8. The summed E-state index contributed by atoms with van der Waals surface area (Å²) in [6, 6.07) is 26.6. The van der Waals surface area contributed by atoms with Gasteiger partial charge in [-0.25, -0.2) is 9.79 Å². The smallest absolute Gasteiger partial charge is 0.349 e. The van der Waals surface area contributed by atoms with Gasteiger partial charge in [0.1, 0.15) is 17.1 Å². The van der Waals surface area contributed by atoms with Crippen molar-refractivity contribution in [3.05, 3.63) is 132 Å². The quantitative estimate of drug-likeness (QED) is 0.178. The number of ether oxygens (including phenoxy) is 1. The van der Waals surface area contributed by atoms with E-state index in [4.69, 9.17) is 14.1 Å². The van der Waals surface area contributed by atoms with Gasteiger partial charge < -0.3 is 13.7 Å². The highest BCUT2D eigenvalue weighted by Crippen LogP contribution is 2.29. The Labute approximate surface area is 238 Å². The summed E-state index contributed by atoms with van der Waals surface area (Å²) in [7, 11) is 0. The standard InChI is InChI=1S/C31H25BrN2O4S/c1-20-8-14-25(15-9-20)33-31-34(17-22-6-4-3-5-7-22)26(19-39-31)29-28(16-21(2)38-30(29)36)37-18-27(35)23-10-12-24(32)13-11-23/h3-16,19H,17-18H2,1-2H3. The van der Waals surface area contributed by atoms with Gasteiger partial charge in [0.15, 0.2) is 17.2 Å². The Morgan fingerprint density at radius 2 is 1.72 bits per heavy atom. The average molecular weight is 602 g/mol. The molecule has 0 aliphatic carbocycles. The normalized spacial score (nSPS) is 11.5. The molecule has 0 saturated carbocycles. The number of hydrogen-bond acceptors (Lipinski definition) is 6. The Kier molecular flexibility index (Phi) is 8.05. The van der Waals surface area contributed by atoms with Crippen molar-refractivity contribution in [3.8, 4) is 17.0 Å². The van der Waals surface area contributed by atoms with Crippen LogP contribution in [-0.4, -0.2) is 17.0 Å². The molecule has 2 heterocycles. The Bertz CT molecular complexity index is 1740. The van der Waals surface area contributed by atoms with Crippen LogP contribution in [0.3, 0.4) is 0 Å². The number of benzene rings is 3. The van der Waals surface area contributed by atoms with Gasteiger partial charge in [-0.1, -0.05) is 76.1 Å². The summed E-state index contributed by atoms with van der Waals surface area (Å²) in [5, 5.41) is 1.88. The molecule has 0 amide bonds. The lowest BCUT2D eigenvalue weighted by atomic mass is 10.1. The molecule has 39 heavy (non-hydrogen) atoms. The molecule has 0 fully saturated rings. The Morgan fingerprint density at radius 3 is 2.44 bits per heavy atom. The number of carbonyl (C=O) groups excluding carboxylic acids is 1. The fourth-order valence-electron chi connectivity index (χ4n) is 4.06. The van der Waals surface area contributed by atoms with Crippen LogP contribution in [0.5, 0.6) is 5.75 Å². The summed E-state index contributed by atoms with van der Waals surface area (Å²) in [5.74, 6) is 0.483. The minimum atomic E-state index is -0.539. The highest BCUT2D eigenvalue weighted by Gasteiger charge is 2.21. The first kappa shape index (κ1) is 26.6. The number of aryl methyl sites for hydroxylation is 2. The first-order valence-electron chi connectivity index (χ1n) is 12.3. The summed E-state index contributed by atoms with van der Waals surface area (Å²) < 4.78 is 14.3. The molecule has 0 spiro atoms. The maximum absolute atomic E-state index is 13.2. The van der Waals surface area contributed by atoms with Crippen LogP contribution in [-0.2, 0) is 6.54 Å². The summed E-state index contributed by atoms with van der Waals surface area (Å²) in [6.45, 7) is 3.97. The molecule has 0 bridgehead atoms. The average Bonchev–Trinajstić information content (AvgIpc) is 3.30. The van der Waals surface area contributed by atoms with Crippen LogP contribution in [0.25, 0.3) is 11.3 Å². The van der Waals surface area contributed by atoms with Crippen molar-refractivity contribution >= 4 is 38.7 Å². The number of rotatable bonds is 8. The molecular formula is C31H25BrN2O4S. The van der Waals surface area contributed by atoms with E-state index in [9.17, 15) is 9.59 Å². The summed E-state index contributed by atoms with van der Waals surface area (Å²) in [5.41, 5.74) is 3.84. The number of Topliss-reactive ketones (excluding diaryl/α,β-unsaturated/α-hetero) is 1. The molecule has 0 aliphatic rings. The fraction of sp³-hybridized carbons (Fsp3) is 0.129. The zero-order valence-corrected chi connectivity index (χ0v) is 23.8. The van der Waals surface area contributed by atoms with Gasteiger partial charge in [-0.15, -0.1) is 11.3 Å². The third-order valence-electron chi connectivity index (χ3n) is 6.06. The maximum Gasteiger partial charge on any atom is 0.349 e. The highest BCUT2D eigenvalue weighted by atomic mass is 79.9. The van der Waals surface area contributed by atoms with Crippen molar-refractivity contribution in [3.63, 3.8) is 0 Å². The molecule has 0 unspecified atom stereocenters. The van der Waals surface area contributed by atoms with Crippen LogP contribution in [0.2, 0.25) is 0 Å². The van der Waals surface area contributed by atoms with E-state index < -0.39 is 5.63 Å². The lowest BCUT2D eigenvalue weighted by Gasteiger charge is -2.13. The van der Waals surface area contributed by atoms with E-state index in [0.717, 1.165) is 26.1 Å². The number of ketones is 1. The van der Waals surface area contributed by atoms with Crippen LogP contribution >= 0.6 is 27.3 Å². The van der Waals surface area contributed by atoms with E-state index in [2.05, 4.69) is 15.9 Å². The molecule has 0 saturated heterocycles. The van der Waals surface area contributed by atoms with Crippen LogP contribution < -0.4 is 15.2 Å². The van der Waals surface area contributed by atoms with E-state index in [1.807, 2.05) is 71.5 Å². The molecule has 5 aromatic rings.